The lowest BCUT2D eigenvalue weighted by atomic mass is 10.0. The number of aliphatic imine (C=N–C) groups is 1. The zero-order valence-corrected chi connectivity index (χ0v) is 23.1. The molecular weight excluding hydrogens is 552 g/mol. The van der Waals surface area contributed by atoms with Gasteiger partial charge in [-0.2, -0.15) is 4.31 Å². The molecule has 11 heteroatoms. The van der Waals surface area contributed by atoms with Crippen LogP contribution < -0.4 is 10.1 Å². The number of rotatable bonds is 7. The number of nitrogens with zero attached hydrogens (tertiary/aromatic N) is 3. The Morgan fingerprint density at radius 2 is 1.90 bits per heavy atom. The molecule has 0 spiro atoms. The molecule has 2 aliphatic rings. The lowest BCUT2D eigenvalue weighted by Gasteiger charge is -2.18. The molecule has 40 heavy (non-hydrogen) atoms. The van der Waals surface area contributed by atoms with E-state index < -0.39 is 10.0 Å². The largest absolute Gasteiger partial charge is 0.495 e. The topological polar surface area (TPSA) is 114 Å². The monoisotopic (exact) mass is 576 g/mol. The van der Waals surface area contributed by atoms with Gasteiger partial charge < -0.3 is 14.5 Å². The van der Waals surface area contributed by atoms with Crippen molar-refractivity contribution in [2.24, 2.45) is 4.99 Å². The van der Waals surface area contributed by atoms with Crippen molar-refractivity contribution >= 4 is 44.7 Å². The maximum atomic E-state index is 13.3. The number of nitrogens with one attached hydrogen (secondary N) is 1. The standard InChI is InChI=1S/C29H25ClN4O5S/c1-38-25-9-6-18(15-27(25)40(36,37)34-10-2-3-11-34)20-13-19-14-24(33-28(19)31-17-20)22-16-21(7-8-23(22)30)32-29(35)26-5-4-12-39-26/h4-9,12-13,15-17H,2-3,10-11,14H2,1H3,(H,32,35). The van der Waals surface area contributed by atoms with Gasteiger partial charge >= 0.3 is 0 Å². The molecule has 0 aliphatic carbocycles. The summed E-state index contributed by atoms with van der Waals surface area (Å²) >= 11 is 6.52. The zero-order chi connectivity index (χ0) is 27.9. The fraction of sp³-hybridized carbons (Fsp3) is 0.207. The van der Waals surface area contributed by atoms with Crippen LogP contribution in [0.4, 0.5) is 11.5 Å². The summed E-state index contributed by atoms with van der Waals surface area (Å²) in [7, 11) is -2.22. The van der Waals surface area contributed by atoms with Gasteiger partial charge in [0.25, 0.3) is 5.91 Å². The van der Waals surface area contributed by atoms with Crippen LogP contribution in [0.2, 0.25) is 5.02 Å². The smallest absolute Gasteiger partial charge is 0.291 e. The molecule has 1 saturated heterocycles. The molecule has 2 aliphatic heterocycles. The first-order valence-corrected chi connectivity index (χ1v) is 14.5. The SMILES string of the molecule is COc1ccc(-c2cnc3c(c2)CC(c2cc(NC(=O)c4ccco4)ccc2Cl)=N3)cc1S(=O)(=O)N1CCCC1. The van der Waals surface area contributed by atoms with E-state index in [0.717, 1.165) is 24.0 Å². The third-order valence-electron chi connectivity index (χ3n) is 7.00. The Morgan fingerprint density at radius 1 is 1.07 bits per heavy atom. The van der Waals surface area contributed by atoms with Crippen LogP contribution in [0.25, 0.3) is 11.1 Å². The summed E-state index contributed by atoms with van der Waals surface area (Å²) in [6, 6.07) is 15.5. The van der Waals surface area contributed by atoms with Crippen molar-refractivity contribution in [3.05, 3.63) is 89.0 Å². The molecule has 0 bridgehead atoms. The first-order chi connectivity index (χ1) is 19.3. The Hall–Kier alpha value is -3.99. The van der Waals surface area contributed by atoms with Crippen LogP contribution in [0.5, 0.6) is 5.75 Å². The minimum absolute atomic E-state index is 0.145. The van der Waals surface area contributed by atoms with Gasteiger partial charge in [0, 0.05) is 53.1 Å². The number of halogens is 1. The summed E-state index contributed by atoms with van der Waals surface area (Å²) in [6.07, 6.45) is 5.29. The van der Waals surface area contributed by atoms with Crippen molar-refractivity contribution in [1.29, 1.82) is 0 Å². The number of furan rings is 1. The molecule has 9 nitrogen and oxygen atoms in total. The molecule has 1 amide bonds. The number of carbonyl (C=O) groups excluding carboxylic acids is 1. The van der Waals surface area contributed by atoms with Crippen molar-refractivity contribution in [2.45, 2.75) is 24.2 Å². The highest BCUT2D eigenvalue weighted by Gasteiger charge is 2.30. The van der Waals surface area contributed by atoms with Crippen LogP contribution in [-0.2, 0) is 16.4 Å². The number of sulfonamides is 1. The second-order valence-electron chi connectivity index (χ2n) is 9.54. The van der Waals surface area contributed by atoms with E-state index in [-0.39, 0.29) is 16.6 Å². The van der Waals surface area contributed by atoms with Crippen LogP contribution >= 0.6 is 11.6 Å². The van der Waals surface area contributed by atoms with E-state index in [4.69, 9.17) is 25.7 Å². The summed E-state index contributed by atoms with van der Waals surface area (Å²) in [5.74, 6) is 0.711. The van der Waals surface area contributed by atoms with Crippen molar-refractivity contribution in [3.63, 3.8) is 0 Å². The summed E-state index contributed by atoms with van der Waals surface area (Å²) in [6.45, 7) is 1.01. The van der Waals surface area contributed by atoms with Crippen LogP contribution in [-0.4, -0.2) is 49.5 Å². The molecule has 1 N–H and O–H groups in total. The third-order valence-corrected chi connectivity index (χ3v) is 9.25. The molecule has 0 unspecified atom stereocenters. The van der Waals surface area contributed by atoms with E-state index in [2.05, 4.69) is 10.3 Å². The molecule has 4 heterocycles. The number of aromatic nitrogens is 1. The molecule has 0 saturated carbocycles. The molecule has 204 valence electrons. The minimum atomic E-state index is -3.69. The van der Waals surface area contributed by atoms with Gasteiger partial charge in [0.2, 0.25) is 10.0 Å². The summed E-state index contributed by atoms with van der Waals surface area (Å²) in [5.41, 5.74) is 4.31. The Bertz CT molecular complexity index is 1750. The van der Waals surface area contributed by atoms with Gasteiger partial charge in [0.1, 0.15) is 10.6 Å². The van der Waals surface area contributed by atoms with Gasteiger partial charge in [0.15, 0.2) is 11.6 Å². The number of pyridine rings is 1. The van der Waals surface area contributed by atoms with Crippen LogP contribution in [0.15, 0.2) is 81.4 Å². The van der Waals surface area contributed by atoms with Crippen LogP contribution in [0, 0.1) is 0 Å². The molecule has 1 fully saturated rings. The highest BCUT2D eigenvalue weighted by atomic mass is 35.5. The summed E-state index contributed by atoms with van der Waals surface area (Å²) in [5, 5.41) is 3.30. The Balaban J connectivity index is 1.27. The predicted molar refractivity (Wildman–Crippen MR) is 152 cm³/mol. The number of methoxy groups -OCH3 is 1. The number of hydrogen-bond donors (Lipinski definition) is 1. The van der Waals surface area contributed by atoms with Gasteiger partial charge in [-0.3, -0.25) is 4.79 Å². The van der Waals surface area contributed by atoms with E-state index in [0.29, 0.717) is 58.6 Å². The third kappa shape index (κ3) is 4.90. The van der Waals surface area contributed by atoms with Crippen LogP contribution in [0.3, 0.4) is 0 Å². The minimum Gasteiger partial charge on any atom is -0.495 e. The van der Waals surface area contributed by atoms with Crippen LogP contribution in [0.1, 0.15) is 34.5 Å². The lowest BCUT2D eigenvalue weighted by Crippen LogP contribution is -2.28. The number of fused-ring (bicyclic) bond motifs is 1. The second kappa shape index (κ2) is 10.5. The van der Waals surface area contributed by atoms with E-state index in [9.17, 15) is 13.2 Å². The molecule has 0 radical (unpaired) electrons. The fourth-order valence-electron chi connectivity index (χ4n) is 4.95. The molecule has 6 rings (SSSR count). The quantitative estimate of drug-likeness (QED) is 0.301. The van der Waals surface area contributed by atoms with E-state index in [1.165, 1.54) is 17.7 Å². The van der Waals surface area contributed by atoms with Crippen molar-refractivity contribution in [3.8, 4) is 16.9 Å². The number of amides is 1. The number of carbonyl (C=O) groups is 1. The van der Waals surface area contributed by atoms with Gasteiger partial charge in [-0.15, -0.1) is 0 Å². The highest BCUT2D eigenvalue weighted by Crippen LogP contribution is 2.36. The second-order valence-corrected chi connectivity index (χ2v) is 11.9. The van der Waals surface area contributed by atoms with Gasteiger partial charge in [-0.05, 0) is 66.9 Å². The molecule has 2 aromatic carbocycles. The average molecular weight is 577 g/mol. The zero-order valence-electron chi connectivity index (χ0n) is 21.6. The average Bonchev–Trinajstić information content (AvgIpc) is 3.75. The Morgan fingerprint density at radius 3 is 2.65 bits per heavy atom. The van der Waals surface area contributed by atoms with E-state index in [1.54, 1.807) is 48.7 Å². The highest BCUT2D eigenvalue weighted by molar-refractivity contribution is 7.89. The molecule has 0 atom stereocenters. The van der Waals surface area contributed by atoms with Gasteiger partial charge in [-0.25, -0.2) is 18.4 Å². The Labute approximate surface area is 236 Å². The van der Waals surface area contributed by atoms with Gasteiger partial charge in [0.05, 0.1) is 19.1 Å². The van der Waals surface area contributed by atoms with Gasteiger partial charge in [-0.1, -0.05) is 17.7 Å². The number of hydrogen-bond acceptors (Lipinski definition) is 7. The number of anilines is 1. The summed E-state index contributed by atoms with van der Waals surface area (Å²) < 4.78 is 38.8. The lowest BCUT2D eigenvalue weighted by molar-refractivity contribution is 0.0996. The van der Waals surface area contributed by atoms with E-state index >= 15 is 0 Å². The van der Waals surface area contributed by atoms with Crippen molar-refractivity contribution in [1.82, 2.24) is 9.29 Å². The predicted octanol–water partition coefficient (Wildman–Crippen LogP) is 5.72. The summed E-state index contributed by atoms with van der Waals surface area (Å²) in [4.78, 5) is 21.8. The first-order valence-electron chi connectivity index (χ1n) is 12.7. The first kappa shape index (κ1) is 26.2. The fourth-order valence-corrected chi connectivity index (χ4v) is 6.87. The normalized spacial score (nSPS) is 15.1. The molecule has 4 aromatic rings. The van der Waals surface area contributed by atoms with Crippen molar-refractivity contribution in [2.75, 3.05) is 25.5 Å². The Kier molecular flexibility index (Phi) is 6.91. The number of ether oxygens (including phenoxy) is 1. The van der Waals surface area contributed by atoms with Crippen molar-refractivity contribution < 1.29 is 22.4 Å². The maximum absolute atomic E-state index is 13.3. The molecular formula is C29H25ClN4O5S. The maximum Gasteiger partial charge on any atom is 0.291 e. The molecule has 2 aromatic heterocycles. The number of benzene rings is 2. The van der Waals surface area contributed by atoms with E-state index in [1.807, 2.05) is 12.1 Å².